The molecule has 100 valence electrons. The Morgan fingerprint density at radius 1 is 1.22 bits per heavy atom. The number of alkyl halides is 4. The molecule has 0 fully saturated rings. The molecule has 0 aliphatic carbocycles. The molecule has 0 bridgehead atoms. The summed E-state index contributed by atoms with van der Waals surface area (Å²) in [5.74, 6) is -1.33. The van der Waals surface area contributed by atoms with Crippen LogP contribution in [-0.4, -0.2) is 19.9 Å². The Balaban J connectivity index is 3.21. The predicted molar refractivity (Wildman–Crippen MR) is 73.1 cm³/mol. The van der Waals surface area contributed by atoms with Crippen molar-refractivity contribution in [3.05, 3.63) is 29.3 Å². The second-order valence-electron chi connectivity index (χ2n) is 3.70. The van der Waals surface area contributed by atoms with Gasteiger partial charge in [0.15, 0.2) is 0 Å². The molecule has 1 atom stereocenters. The minimum atomic E-state index is -2.49. The van der Waals surface area contributed by atoms with Crippen LogP contribution in [0.4, 0.5) is 0 Å². The van der Waals surface area contributed by atoms with Crippen molar-refractivity contribution in [3.63, 3.8) is 0 Å². The van der Waals surface area contributed by atoms with E-state index in [4.69, 9.17) is 56.2 Å². The molecular formula is C11H10Cl4O3. The molecule has 7 heteroatoms. The third-order valence-electron chi connectivity index (χ3n) is 2.45. The van der Waals surface area contributed by atoms with E-state index in [1.165, 1.54) is 0 Å². The summed E-state index contributed by atoms with van der Waals surface area (Å²) < 4.78 is 2.89. The Labute approximate surface area is 125 Å². The van der Waals surface area contributed by atoms with Crippen LogP contribution in [0.5, 0.6) is 5.75 Å². The topological polar surface area (TPSA) is 46.5 Å². The summed E-state index contributed by atoms with van der Waals surface area (Å²) in [4.78, 5) is 11.2. The second kappa shape index (κ2) is 5.33. The highest BCUT2D eigenvalue weighted by molar-refractivity contribution is 6.72. The quantitative estimate of drug-likeness (QED) is 0.849. The largest absolute Gasteiger partial charge is 0.477 e. The van der Waals surface area contributed by atoms with Gasteiger partial charge in [0, 0.05) is 0 Å². The molecule has 0 aromatic heterocycles. The first-order valence-electron chi connectivity index (χ1n) is 4.84. The number of hydrogen-bond acceptors (Lipinski definition) is 2. The molecule has 0 saturated heterocycles. The van der Waals surface area contributed by atoms with Gasteiger partial charge in [-0.1, -0.05) is 58.5 Å². The van der Waals surface area contributed by atoms with E-state index in [2.05, 4.69) is 0 Å². The van der Waals surface area contributed by atoms with Crippen LogP contribution in [0.25, 0.3) is 0 Å². The van der Waals surface area contributed by atoms with E-state index in [0.717, 1.165) is 11.1 Å². The monoisotopic (exact) mass is 330 g/mol. The number of halogens is 4. The van der Waals surface area contributed by atoms with Gasteiger partial charge in [-0.15, -0.1) is 0 Å². The fraction of sp³-hybridized carbons (Fsp3) is 0.364. The van der Waals surface area contributed by atoms with E-state index >= 15 is 0 Å². The molecule has 0 aliphatic heterocycles. The summed E-state index contributed by atoms with van der Waals surface area (Å²) in [5.41, 5.74) is 1.62. The lowest BCUT2D eigenvalue weighted by Crippen LogP contribution is -2.50. The number of carboxylic acid groups (broad SMARTS) is 1. The van der Waals surface area contributed by atoms with Crippen molar-refractivity contribution in [2.45, 2.75) is 22.7 Å². The van der Waals surface area contributed by atoms with Crippen LogP contribution in [0.2, 0.25) is 0 Å². The van der Waals surface area contributed by atoms with E-state index in [1.54, 1.807) is 19.1 Å². The van der Waals surface area contributed by atoms with Gasteiger partial charge in [0.2, 0.25) is 0 Å². The first-order chi connectivity index (χ1) is 8.09. The van der Waals surface area contributed by atoms with Gasteiger partial charge in [0.25, 0.3) is 3.79 Å². The van der Waals surface area contributed by atoms with Crippen molar-refractivity contribution in [1.82, 2.24) is 0 Å². The zero-order valence-corrected chi connectivity index (χ0v) is 12.5. The molecule has 0 amide bonds. The van der Waals surface area contributed by atoms with Crippen LogP contribution in [0.1, 0.15) is 11.1 Å². The van der Waals surface area contributed by atoms with Gasteiger partial charge in [-0.25, -0.2) is 4.79 Å². The molecule has 1 N–H and O–H groups in total. The molecule has 0 spiro atoms. The van der Waals surface area contributed by atoms with Crippen molar-refractivity contribution in [1.29, 1.82) is 0 Å². The van der Waals surface area contributed by atoms with Gasteiger partial charge in [0.05, 0.1) is 0 Å². The fourth-order valence-corrected chi connectivity index (χ4v) is 1.65. The molecular weight excluding hydrogens is 322 g/mol. The van der Waals surface area contributed by atoms with Crippen molar-refractivity contribution in [3.8, 4) is 5.75 Å². The number of carbonyl (C=O) groups is 1. The SMILES string of the molecule is Cc1cccc(OC(Cl)(C(=O)O)C(Cl)(Cl)Cl)c1C. The Kier molecular flexibility index (Phi) is 4.65. The highest BCUT2D eigenvalue weighted by Gasteiger charge is 2.57. The first kappa shape index (κ1) is 15.7. The summed E-state index contributed by atoms with van der Waals surface area (Å²) >= 11 is 22.5. The van der Waals surface area contributed by atoms with E-state index in [9.17, 15) is 4.79 Å². The lowest BCUT2D eigenvalue weighted by molar-refractivity contribution is -0.148. The maximum atomic E-state index is 11.2. The zero-order chi connectivity index (χ0) is 14.1. The van der Waals surface area contributed by atoms with Gasteiger partial charge in [-0.05, 0) is 31.0 Å². The maximum Gasteiger partial charge on any atom is 0.369 e. The molecule has 1 unspecified atom stereocenters. The van der Waals surface area contributed by atoms with Gasteiger partial charge in [-0.3, -0.25) is 0 Å². The average molecular weight is 332 g/mol. The first-order valence-corrected chi connectivity index (χ1v) is 6.35. The van der Waals surface area contributed by atoms with Crippen molar-refractivity contribution < 1.29 is 14.6 Å². The number of rotatable bonds is 3. The van der Waals surface area contributed by atoms with Crippen LogP contribution in [0.3, 0.4) is 0 Å². The van der Waals surface area contributed by atoms with Gasteiger partial charge >= 0.3 is 11.0 Å². The maximum absolute atomic E-state index is 11.2. The number of aryl methyl sites for hydroxylation is 1. The van der Waals surface area contributed by atoms with Crippen LogP contribution in [0.15, 0.2) is 18.2 Å². The predicted octanol–water partition coefficient (Wildman–Crippen LogP) is 4.07. The zero-order valence-electron chi connectivity index (χ0n) is 9.51. The Hall–Kier alpha value is -0.350. The Morgan fingerprint density at radius 3 is 2.22 bits per heavy atom. The van der Waals surface area contributed by atoms with Crippen LogP contribution in [0, 0.1) is 13.8 Å². The number of benzene rings is 1. The number of ether oxygens (including phenoxy) is 1. The summed E-state index contributed by atoms with van der Waals surface area (Å²) in [6.07, 6.45) is 0. The fourth-order valence-electron chi connectivity index (χ4n) is 1.21. The molecule has 0 aliphatic rings. The van der Waals surface area contributed by atoms with E-state index in [1.807, 2.05) is 13.0 Å². The standard InChI is InChI=1S/C11H10Cl4O3/c1-6-4-3-5-8(7(6)2)18-10(12,9(16)17)11(13,14)15/h3-5H,1-2H3,(H,16,17). The van der Waals surface area contributed by atoms with Crippen molar-refractivity contribution in [2.75, 3.05) is 0 Å². The minimum absolute atomic E-state index is 0.249. The third-order valence-corrected chi connectivity index (χ3v) is 4.06. The summed E-state index contributed by atoms with van der Waals surface area (Å²) in [7, 11) is 0. The lowest BCUT2D eigenvalue weighted by atomic mass is 10.1. The number of carboxylic acids is 1. The Morgan fingerprint density at radius 2 is 1.78 bits per heavy atom. The highest BCUT2D eigenvalue weighted by Crippen LogP contribution is 2.45. The molecule has 1 aromatic carbocycles. The lowest BCUT2D eigenvalue weighted by Gasteiger charge is -2.30. The number of aliphatic carboxylic acids is 1. The molecule has 1 rings (SSSR count). The van der Waals surface area contributed by atoms with Crippen molar-refractivity contribution in [2.24, 2.45) is 0 Å². The molecule has 18 heavy (non-hydrogen) atoms. The van der Waals surface area contributed by atoms with Gasteiger partial charge in [-0.2, -0.15) is 0 Å². The summed E-state index contributed by atoms with van der Waals surface area (Å²) in [6, 6.07) is 5.09. The van der Waals surface area contributed by atoms with Crippen LogP contribution < -0.4 is 4.74 Å². The highest BCUT2D eigenvalue weighted by atomic mass is 35.6. The molecule has 0 heterocycles. The summed E-state index contributed by atoms with van der Waals surface area (Å²) in [6.45, 7) is 3.59. The van der Waals surface area contributed by atoms with Crippen LogP contribution >= 0.6 is 46.4 Å². The normalized spacial score (nSPS) is 15.0. The smallest absolute Gasteiger partial charge is 0.369 e. The Bertz CT molecular complexity index is 470. The number of hydrogen-bond donors (Lipinski definition) is 1. The van der Waals surface area contributed by atoms with Crippen LogP contribution in [-0.2, 0) is 4.79 Å². The molecule has 0 radical (unpaired) electrons. The average Bonchev–Trinajstić information content (AvgIpc) is 2.22. The summed E-state index contributed by atoms with van der Waals surface area (Å²) in [5, 5.41) is 6.59. The van der Waals surface area contributed by atoms with E-state index < -0.39 is 14.8 Å². The van der Waals surface area contributed by atoms with Gasteiger partial charge < -0.3 is 9.84 Å². The van der Waals surface area contributed by atoms with E-state index in [-0.39, 0.29) is 5.75 Å². The van der Waals surface area contributed by atoms with E-state index in [0.29, 0.717) is 0 Å². The molecule has 3 nitrogen and oxygen atoms in total. The van der Waals surface area contributed by atoms with Gasteiger partial charge in [0.1, 0.15) is 5.75 Å². The molecule has 1 aromatic rings. The molecule has 0 saturated carbocycles. The second-order valence-corrected chi connectivity index (χ2v) is 6.51. The van der Waals surface area contributed by atoms with Crippen molar-refractivity contribution >= 4 is 52.4 Å². The third kappa shape index (κ3) is 2.97. The minimum Gasteiger partial charge on any atom is -0.477 e.